The van der Waals surface area contributed by atoms with Crippen LogP contribution in [0.3, 0.4) is 0 Å². The van der Waals surface area contributed by atoms with E-state index >= 15 is 0 Å². The van der Waals surface area contributed by atoms with Crippen LogP contribution in [0.25, 0.3) is 0 Å². The Balaban J connectivity index is 1.73. The zero-order chi connectivity index (χ0) is 13.0. The highest BCUT2D eigenvalue weighted by atomic mass is 19.1. The van der Waals surface area contributed by atoms with Crippen LogP contribution in [0.15, 0.2) is 29.3 Å². The Hall–Kier alpha value is -1.58. The summed E-state index contributed by atoms with van der Waals surface area (Å²) in [4.78, 5) is 4.17. The van der Waals surface area contributed by atoms with Crippen molar-refractivity contribution in [1.29, 1.82) is 0 Å². The maximum absolute atomic E-state index is 13.0. The largest absolute Gasteiger partial charge is 0.356 e. The van der Waals surface area contributed by atoms with Crippen LogP contribution in [0, 0.1) is 11.7 Å². The molecule has 2 unspecified atom stereocenters. The second-order valence-electron chi connectivity index (χ2n) is 4.84. The highest BCUT2D eigenvalue weighted by molar-refractivity contribution is 5.80. The van der Waals surface area contributed by atoms with Crippen molar-refractivity contribution in [3.05, 3.63) is 35.6 Å². The van der Waals surface area contributed by atoms with Crippen molar-refractivity contribution in [1.82, 2.24) is 10.6 Å². The second-order valence-corrected chi connectivity index (χ2v) is 4.84. The Labute approximate surface area is 108 Å². The van der Waals surface area contributed by atoms with Gasteiger partial charge in [0.1, 0.15) is 5.82 Å². The fourth-order valence-corrected chi connectivity index (χ4v) is 1.91. The number of aliphatic imine (C=N–C) groups is 1. The van der Waals surface area contributed by atoms with E-state index in [9.17, 15) is 4.39 Å². The third-order valence-corrected chi connectivity index (χ3v) is 3.25. The van der Waals surface area contributed by atoms with Crippen molar-refractivity contribution in [2.24, 2.45) is 10.9 Å². The summed E-state index contributed by atoms with van der Waals surface area (Å²) < 4.78 is 13.0. The fraction of sp³-hybridized carbons (Fsp3) is 0.500. The Morgan fingerprint density at radius 1 is 1.50 bits per heavy atom. The molecule has 1 aromatic rings. The minimum atomic E-state index is -0.179. The molecule has 1 fully saturated rings. The first kappa shape index (κ1) is 12.9. The van der Waals surface area contributed by atoms with Gasteiger partial charge < -0.3 is 10.6 Å². The first-order valence-corrected chi connectivity index (χ1v) is 6.40. The van der Waals surface area contributed by atoms with E-state index in [0.717, 1.165) is 30.4 Å². The van der Waals surface area contributed by atoms with Crippen LogP contribution in [0.4, 0.5) is 4.39 Å². The van der Waals surface area contributed by atoms with Crippen molar-refractivity contribution in [3.8, 4) is 0 Å². The fourth-order valence-electron chi connectivity index (χ4n) is 1.91. The molecule has 0 heterocycles. The molecule has 0 radical (unpaired) electrons. The van der Waals surface area contributed by atoms with Gasteiger partial charge in [0.25, 0.3) is 0 Å². The monoisotopic (exact) mass is 249 g/mol. The number of nitrogens with zero attached hydrogens (tertiary/aromatic N) is 1. The average Bonchev–Trinajstić information content (AvgIpc) is 3.04. The lowest BCUT2D eigenvalue weighted by molar-refractivity contribution is 0.625. The molecular weight excluding hydrogens is 229 g/mol. The molecule has 0 aromatic heterocycles. The maximum atomic E-state index is 13.0. The highest BCUT2D eigenvalue weighted by Gasteiger charge is 2.33. The summed E-state index contributed by atoms with van der Waals surface area (Å²) in [5.74, 6) is 1.40. The molecule has 0 aliphatic heterocycles. The van der Waals surface area contributed by atoms with E-state index in [1.54, 1.807) is 19.2 Å². The van der Waals surface area contributed by atoms with E-state index in [1.165, 1.54) is 12.5 Å². The predicted octanol–water partition coefficient (Wildman–Crippen LogP) is 1.94. The smallest absolute Gasteiger partial charge is 0.191 e. The van der Waals surface area contributed by atoms with E-state index in [2.05, 4.69) is 22.5 Å². The lowest BCUT2D eigenvalue weighted by atomic mass is 10.1. The van der Waals surface area contributed by atoms with Gasteiger partial charge in [0.2, 0.25) is 0 Å². The van der Waals surface area contributed by atoms with Crippen LogP contribution in [-0.4, -0.2) is 25.6 Å². The third kappa shape index (κ3) is 3.72. The van der Waals surface area contributed by atoms with Crippen molar-refractivity contribution in [2.45, 2.75) is 25.8 Å². The van der Waals surface area contributed by atoms with Crippen LogP contribution in [0.5, 0.6) is 0 Å². The van der Waals surface area contributed by atoms with Crippen molar-refractivity contribution >= 4 is 5.96 Å². The molecule has 4 heteroatoms. The summed E-state index contributed by atoms with van der Waals surface area (Å²) in [6.45, 7) is 2.97. The molecule has 2 atom stereocenters. The summed E-state index contributed by atoms with van der Waals surface area (Å²) in [5.41, 5.74) is 0.998. The van der Waals surface area contributed by atoms with Gasteiger partial charge in [-0.05, 0) is 36.5 Å². The van der Waals surface area contributed by atoms with Gasteiger partial charge in [0.15, 0.2) is 5.96 Å². The number of benzene rings is 1. The van der Waals surface area contributed by atoms with Gasteiger partial charge in [-0.25, -0.2) is 4.39 Å². The molecule has 98 valence electrons. The van der Waals surface area contributed by atoms with Crippen LogP contribution in [0.2, 0.25) is 0 Å². The molecular formula is C14H20FN3. The zero-order valence-electron chi connectivity index (χ0n) is 10.9. The van der Waals surface area contributed by atoms with Crippen LogP contribution in [0.1, 0.15) is 18.9 Å². The summed E-state index contributed by atoms with van der Waals surface area (Å²) in [6, 6.07) is 7.27. The Morgan fingerprint density at radius 2 is 2.28 bits per heavy atom. The van der Waals surface area contributed by atoms with Gasteiger partial charge in [-0.3, -0.25) is 4.99 Å². The molecule has 1 aliphatic rings. The minimum absolute atomic E-state index is 0.179. The Bertz CT molecular complexity index is 431. The zero-order valence-corrected chi connectivity index (χ0v) is 10.9. The minimum Gasteiger partial charge on any atom is -0.356 e. The first-order chi connectivity index (χ1) is 8.69. The third-order valence-electron chi connectivity index (χ3n) is 3.25. The van der Waals surface area contributed by atoms with Gasteiger partial charge in [-0.2, -0.15) is 0 Å². The standard InChI is InChI=1S/C14H20FN3/c1-10-8-13(10)18-14(16-2)17-7-6-11-4-3-5-12(15)9-11/h3-5,9-10,13H,6-8H2,1-2H3,(H2,16,17,18). The second kappa shape index (κ2) is 5.85. The average molecular weight is 249 g/mol. The van der Waals surface area contributed by atoms with E-state index in [0.29, 0.717) is 6.04 Å². The van der Waals surface area contributed by atoms with E-state index in [-0.39, 0.29) is 5.82 Å². The molecule has 0 saturated heterocycles. The van der Waals surface area contributed by atoms with Crippen molar-refractivity contribution in [3.63, 3.8) is 0 Å². The molecule has 1 aliphatic carbocycles. The van der Waals surface area contributed by atoms with E-state index in [4.69, 9.17) is 0 Å². The molecule has 1 aromatic carbocycles. The topological polar surface area (TPSA) is 36.4 Å². The summed E-state index contributed by atoms with van der Waals surface area (Å²) in [6.07, 6.45) is 2.00. The van der Waals surface area contributed by atoms with Crippen molar-refractivity contribution in [2.75, 3.05) is 13.6 Å². The molecule has 0 bridgehead atoms. The maximum Gasteiger partial charge on any atom is 0.191 e. The van der Waals surface area contributed by atoms with Gasteiger partial charge in [-0.15, -0.1) is 0 Å². The number of halogens is 1. The Kier molecular flexibility index (Phi) is 4.18. The quantitative estimate of drug-likeness (QED) is 0.632. The van der Waals surface area contributed by atoms with Gasteiger partial charge in [-0.1, -0.05) is 19.1 Å². The summed E-state index contributed by atoms with van der Waals surface area (Å²) in [7, 11) is 1.77. The van der Waals surface area contributed by atoms with Gasteiger partial charge in [0.05, 0.1) is 0 Å². The number of guanidine groups is 1. The molecule has 18 heavy (non-hydrogen) atoms. The molecule has 2 rings (SSSR count). The molecule has 0 spiro atoms. The summed E-state index contributed by atoms with van der Waals surface area (Å²) in [5, 5.41) is 6.60. The lowest BCUT2D eigenvalue weighted by Crippen LogP contribution is -2.39. The lowest BCUT2D eigenvalue weighted by Gasteiger charge is -2.11. The number of hydrogen-bond acceptors (Lipinski definition) is 1. The number of hydrogen-bond donors (Lipinski definition) is 2. The Morgan fingerprint density at radius 3 is 2.89 bits per heavy atom. The van der Waals surface area contributed by atoms with Crippen LogP contribution >= 0.6 is 0 Å². The van der Waals surface area contributed by atoms with Gasteiger partial charge >= 0.3 is 0 Å². The summed E-state index contributed by atoms with van der Waals surface area (Å²) >= 11 is 0. The van der Waals surface area contributed by atoms with Gasteiger partial charge in [0, 0.05) is 19.6 Å². The van der Waals surface area contributed by atoms with E-state index in [1.807, 2.05) is 6.07 Å². The molecule has 2 N–H and O–H groups in total. The number of rotatable bonds is 4. The van der Waals surface area contributed by atoms with Crippen LogP contribution in [-0.2, 0) is 6.42 Å². The predicted molar refractivity (Wildman–Crippen MR) is 72.2 cm³/mol. The first-order valence-electron chi connectivity index (χ1n) is 6.40. The molecule has 1 saturated carbocycles. The SMILES string of the molecule is CN=C(NCCc1cccc(F)c1)NC1CC1C. The normalized spacial score (nSPS) is 22.7. The molecule has 3 nitrogen and oxygen atoms in total. The molecule has 0 amide bonds. The highest BCUT2D eigenvalue weighted by Crippen LogP contribution is 2.28. The van der Waals surface area contributed by atoms with E-state index < -0.39 is 0 Å². The van der Waals surface area contributed by atoms with Crippen LogP contribution < -0.4 is 10.6 Å². The van der Waals surface area contributed by atoms with Crippen molar-refractivity contribution < 1.29 is 4.39 Å². The number of nitrogens with one attached hydrogen (secondary N) is 2.